The molecule has 1 aromatic carbocycles. The number of benzene rings is 1. The van der Waals surface area contributed by atoms with Crippen LogP contribution in [0.4, 0.5) is 5.69 Å². The summed E-state index contributed by atoms with van der Waals surface area (Å²) in [6.45, 7) is 6.16. The molecule has 2 heteroatoms. The first-order valence-electron chi connectivity index (χ1n) is 7.19. The predicted molar refractivity (Wildman–Crippen MR) is 78.7 cm³/mol. The van der Waals surface area contributed by atoms with Crippen molar-refractivity contribution in [3.63, 3.8) is 0 Å². The third-order valence-corrected chi connectivity index (χ3v) is 3.47. The van der Waals surface area contributed by atoms with Crippen LogP contribution in [0.1, 0.15) is 45.1 Å². The van der Waals surface area contributed by atoms with Crippen molar-refractivity contribution in [2.45, 2.75) is 46.0 Å². The standard InChI is InChI=1S/C16H27NO/c1-3-5-8-14(4-2)13-18-12-11-15-9-6-7-10-16(15)17/h6-7,9-10,14H,3-5,8,11-13,17H2,1-2H3. The highest BCUT2D eigenvalue weighted by molar-refractivity contribution is 5.46. The molecule has 0 aliphatic heterocycles. The molecule has 2 N–H and O–H groups in total. The van der Waals surface area contributed by atoms with E-state index in [1.165, 1.54) is 31.2 Å². The lowest BCUT2D eigenvalue weighted by molar-refractivity contribution is 0.0964. The molecule has 18 heavy (non-hydrogen) atoms. The van der Waals surface area contributed by atoms with Gasteiger partial charge in [0.15, 0.2) is 0 Å². The minimum absolute atomic E-state index is 0.720. The second-order valence-electron chi connectivity index (χ2n) is 4.94. The molecule has 0 radical (unpaired) electrons. The van der Waals surface area contributed by atoms with Crippen LogP contribution in [0.25, 0.3) is 0 Å². The maximum absolute atomic E-state index is 5.90. The number of hydrogen-bond donors (Lipinski definition) is 1. The molecule has 0 bridgehead atoms. The van der Waals surface area contributed by atoms with E-state index in [2.05, 4.69) is 19.9 Å². The first-order chi connectivity index (χ1) is 8.77. The van der Waals surface area contributed by atoms with Crippen molar-refractivity contribution in [3.8, 4) is 0 Å². The Bertz CT molecular complexity index is 325. The molecule has 0 spiro atoms. The minimum atomic E-state index is 0.720. The van der Waals surface area contributed by atoms with Gasteiger partial charge in [0.2, 0.25) is 0 Å². The summed E-state index contributed by atoms with van der Waals surface area (Å²) in [5, 5.41) is 0. The van der Waals surface area contributed by atoms with Crippen molar-refractivity contribution in [3.05, 3.63) is 29.8 Å². The van der Waals surface area contributed by atoms with E-state index in [4.69, 9.17) is 10.5 Å². The Morgan fingerprint density at radius 2 is 2.00 bits per heavy atom. The van der Waals surface area contributed by atoms with Crippen molar-refractivity contribution in [2.75, 3.05) is 18.9 Å². The van der Waals surface area contributed by atoms with E-state index in [0.717, 1.165) is 31.2 Å². The fourth-order valence-corrected chi connectivity index (χ4v) is 2.09. The van der Waals surface area contributed by atoms with Gasteiger partial charge >= 0.3 is 0 Å². The molecule has 0 aromatic heterocycles. The highest BCUT2D eigenvalue weighted by Gasteiger charge is 2.06. The molecule has 1 atom stereocenters. The molecule has 0 aliphatic rings. The molecular formula is C16H27NO. The minimum Gasteiger partial charge on any atom is -0.399 e. The lowest BCUT2D eigenvalue weighted by atomic mass is 10.0. The van der Waals surface area contributed by atoms with Gasteiger partial charge < -0.3 is 10.5 Å². The van der Waals surface area contributed by atoms with Gasteiger partial charge in [0, 0.05) is 12.3 Å². The molecule has 102 valence electrons. The predicted octanol–water partition coefficient (Wildman–Crippen LogP) is 4.04. The number of ether oxygens (including phenoxy) is 1. The SMILES string of the molecule is CCCCC(CC)COCCc1ccccc1N. The highest BCUT2D eigenvalue weighted by atomic mass is 16.5. The van der Waals surface area contributed by atoms with Crippen LogP contribution in [-0.2, 0) is 11.2 Å². The maximum Gasteiger partial charge on any atom is 0.0507 e. The summed E-state index contributed by atoms with van der Waals surface area (Å²) in [4.78, 5) is 0. The van der Waals surface area contributed by atoms with E-state index in [9.17, 15) is 0 Å². The van der Waals surface area contributed by atoms with Crippen molar-refractivity contribution >= 4 is 5.69 Å². The van der Waals surface area contributed by atoms with Gasteiger partial charge in [-0.15, -0.1) is 0 Å². The Morgan fingerprint density at radius 1 is 1.22 bits per heavy atom. The Morgan fingerprint density at radius 3 is 2.67 bits per heavy atom. The van der Waals surface area contributed by atoms with Gasteiger partial charge in [-0.2, -0.15) is 0 Å². The average Bonchev–Trinajstić information content (AvgIpc) is 2.40. The first kappa shape index (κ1) is 15.0. The summed E-state index contributed by atoms with van der Waals surface area (Å²) in [6.07, 6.45) is 6.01. The summed E-state index contributed by atoms with van der Waals surface area (Å²) in [6, 6.07) is 8.03. The van der Waals surface area contributed by atoms with Crippen LogP contribution in [0.5, 0.6) is 0 Å². The molecule has 2 nitrogen and oxygen atoms in total. The van der Waals surface area contributed by atoms with Crippen LogP contribution in [-0.4, -0.2) is 13.2 Å². The zero-order valence-corrected chi connectivity index (χ0v) is 11.8. The Kier molecular flexibility index (Phi) is 7.51. The topological polar surface area (TPSA) is 35.2 Å². The summed E-state index contributed by atoms with van der Waals surface area (Å²) in [5.41, 5.74) is 7.97. The van der Waals surface area contributed by atoms with E-state index in [1.54, 1.807) is 0 Å². The molecule has 1 aromatic rings. The normalized spacial score (nSPS) is 12.6. The highest BCUT2D eigenvalue weighted by Crippen LogP contribution is 2.14. The van der Waals surface area contributed by atoms with Gasteiger partial charge in [0.1, 0.15) is 0 Å². The van der Waals surface area contributed by atoms with Gasteiger partial charge in [0.05, 0.1) is 6.61 Å². The molecule has 0 amide bonds. The summed E-state index contributed by atoms with van der Waals surface area (Å²) in [5.74, 6) is 0.720. The number of hydrogen-bond acceptors (Lipinski definition) is 2. The third kappa shape index (κ3) is 5.54. The van der Waals surface area contributed by atoms with Crippen molar-refractivity contribution < 1.29 is 4.74 Å². The summed E-state index contributed by atoms with van der Waals surface area (Å²) < 4.78 is 5.79. The van der Waals surface area contributed by atoms with Gasteiger partial charge in [-0.1, -0.05) is 51.3 Å². The van der Waals surface area contributed by atoms with E-state index in [0.29, 0.717) is 0 Å². The zero-order chi connectivity index (χ0) is 13.2. The maximum atomic E-state index is 5.90. The van der Waals surface area contributed by atoms with Gasteiger partial charge in [-0.05, 0) is 30.4 Å². The van der Waals surface area contributed by atoms with Crippen LogP contribution in [0, 0.1) is 5.92 Å². The van der Waals surface area contributed by atoms with Crippen molar-refractivity contribution in [2.24, 2.45) is 5.92 Å². The van der Waals surface area contributed by atoms with Crippen LogP contribution in [0.15, 0.2) is 24.3 Å². The smallest absolute Gasteiger partial charge is 0.0507 e. The van der Waals surface area contributed by atoms with Crippen LogP contribution < -0.4 is 5.73 Å². The van der Waals surface area contributed by atoms with Gasteiger partial charge in [0.25, 0.3) is 0 Å². The van der Waals surface area contributed by atoms with E-state index >= 15 is 0 Å². The van der Waals surface area contributed by atoms with Crippen LogP contribution >= 0.6 is 0 Å². The molecular weight excluding hydrogens is 222 g/mol. The molecule has 0 saturated heterocycles. The summed E-state index contributed by atoms with van der Waals surface area (Å²) in [7, 11) is 0. The molecule has 0 heterocycles. The first-order valence-corrected chi connectivity index (χ1v) is 7.19. The number of nitrogens with two attached hydrogens (primary N) is 1. The van der Waals surface area contributed by atoms with Gasteiger partial charge in [-0.25, -0.2) is 0 Å². The van der Waals surface area contributed by atoms with E-state index in [1.807, 2.05) is 18.2 Å². The number of anilines is 1. The molecule has 0 saturated carbocycles. The zero-order valence-electron chi connectivity index (χ0n) is 11.8. The lowest BCUT2D eigenvalue weighted by Crippen LogP contribution is -2.11. The quantitative estimate of drug-likeness (QED) is 0.529. The van der Waals surface area contributed by atoms with Crippen LogP contribution in [0.3, 0.4) is 0 Å². The molecule has 0 fully saturated rings. The Balaban J connectivity index is 2.19. The fourth-order valence-electron chi connectivity index (χ4n) is 2.09. The monoisotopic (exact) mass is 249 g/mol. The second-order valence-corrected chi connectivity index (χ2v) is 4.94. The molecule has 0 aliphatic carbocycles. The Hall–Kier alpha value is -1.02. The molecule has 1 rings (SSSR count). The van der Waals surface area contributed by atoms with Crippen LogP contribution in [0.2, 0.25) is 0 Å². The number of rotatable bonds is 9. The number of para-hydroxylation sites is 1. The lowest BCUT2D eigenvalue weighted by Gasteiger charge is -2.14. The van der Waals surface area contributed by atoms with E-state index in [-0.39, 0.29) is 0 Å². The second kappa shape index (κ2) is 8.98. The van der Waals surface area contributed by atoms with E-state index < -0.39 is 0 Å². The largest absolute Gasteiger partial charge is 0.399 e. The van der Waals surface area contributed by atoms with Crippen molar-refractivity contribution in [1.29, 1.82) is 0 Å². The third-order valence-electron chi connectivity index (χ3n) is 3.47. The molecule has 1 unspecified atom stereocenters. The summed E-state index contributed by atoms with van der Waals surface area (Å²) >= 11 is 0. The number of unbranched alkanes of at least 4 members (excludes halogenated alkanes) is 1. The fraction of sp³-hybridized carbons (Fsp3) is 0.625. The van der Waals surface area contributed by atoms with Gasteiger partial charge in [-0.3, -0.25) is 0 Å². The average molecular weight is 249 g/mol. The number of nitrogen functional groups attached to an aromatic ring is 1. The Labute approximate surface area is 112 Å². The van der Waals surface area contributed by atoms with Crippen molar-refractivity contribution in [1.82, 2.24) is 0 Å².